The number of rotatable bonds is 1. The van der Waals surface area contributed by atoms with E-state index in [-0.39, 0.29) is 0 Å². The van der Waals surface area contributed by atoms with Crippen LogP contribution in [0.25, 0.3) is 0 Å². The minimum atomic E-state index is 0.506. The number of hydrogen-bond acceptors (Lipinski definition) is 2. The third kappa shape index (κ3) is 1.03. The second-order valence-electron chi connectivity index (χ2n) is 3.29. The molecular weight excluding hydrogens is 148 g/mol. The lowest BCUT2D eigenvalue weighted by Crippen LogP contribution is -2.19. The fourth-order valence-electron chi connectivity index (χ4n) is 1.88. The molecular formula is C10H14N2. The molecule has 2 nitrogen and oxygen atoms in total. The van der Waals surface area contributed by atoms with Crippen LogP contribution < -0.4 is 0 Å². The van der Waals surface area contributed by atoms with Gasteiger partial charge < -0.3 is 0 Å². The quantitative estimate of drug-likeness (QED) is 0.627. The van der Waals surface area contributed by atoms with E-state index in [2.05, 4.69) is 29.8 Å². The van der Waals surface area contributed by atoms with E-state index < -0.39 is 0 Å². The first-order chi connectivity index (χ1) is 5.83. The summed E-state index contributed by atoms with van der Waals surface area (Å²) in [6.45, 7) is 6.60. The molecule has 1 atom stereocenters. The number of pyridine rings is 1. The van der Waals surface area contributed by atoms with Gasteiger partial charge in [0, 0.05) is 18.8 Å². The molecule has 0 radical (unpaired) electrons. The Kier molecular flexibility index (Phi) is 1.85. The normalized spacial score (nSPS) is 22.7. The maximum absolute atomic E-state index is 4.40. The maximum Gasteiger partial charge on any atom is 0.0617 e. The average molecular weight is 162 g/mol. The van der Waals surface area contributed by atoms with Gasteiger partial charge in [-0.2, -0.15) is 0 Å². The van der Waals surface area contributed by atoms with Gasteiger partial charge in [-0.3, -0.25) is 9.88 Å². The standard InChI is InChI=1S/C10H14N2/c1-3-12-7-9-5-4-6-11-10(9)8(12)2/h4-6,8H,3,7H2,1-2H3. The van der Waals surface area contributed by atoms with E-state index in [1.54, 1.807) is 0 Å². The Hall–Kier alpha value is -0.890. The molecule has 2 heterocycles. The lowest BCUT2D eigenvalue weighted by Gasteiger charge is -2.17. The van der Waals surface area contributed by atoms with Gasteiger partial charge >= 0.3 is 0 Å². The highest BCUT2D eigenvalue weighted by atomic mass is 15.2. The predicted octanol–water partition coefficient (Wildman–Crippen LogP) is 1.98. The van der Waals surface area contributed by atoms with Crippen molar-refractivity contribution in [2.75, 3.05) is 6.54 Å². The van der Waals surface area contributed by atoms with Crippen LogP contribution in [-0.4, -0.2) is 16.4 Å². The van der Waals surface area contributed by atoms with Crippen molar-refractivity contribution in [3.05, 3.63) is 29.6 Å². The smallest absolute Gasteiger partial charge is 0.0617 e. The van der Waals surface area contributed by atoms with Gasteiger partial charge in [0.1, 0.15) is 0 Å². The molecule has 0 spiro atoms. The van der Waals surface area contributed by atoms with Crippen molar-refractivity contribution in [3.8, 4) is 0 Å². The van der Waals surface area contributed by atoms with Gasteiger partial charge in [0.05, 0.1) is 5.69 Å². The van der Waals surface area contributed by atoms with Gasteiger partial charge in [-0.15, -0.1) is 0 Å². The van der Waals surface area contributed by atoms with Crippen molar-refractivity contribution in [3.63, 3.8) is 0 Å². The molecule has 0 saturated carbocycles. The van der Waals surface area contributed by atoms with Crippen LogP contribution in [0.1, 0.15) is 31.1 Å². The van der Waals surface area contributed by atoms with Crippen molar-refractivity contribution in [1.82, 2.24) is 9.88 Å². The molecule has 12 heavy (non-hydrogen) atoms. The molecule has 0 aromatic carbocycles. The van der Waals surface area contributed by atoms with Crippen molar-refractivity contribution in [2.24, 2.45) is 0 Å². The summed E-state index contributed by atoms with van der Waals surface area (Å²) in [5.41, 5.74) is 2.66. The summed E-state index contributed by atoms with van der Waals surface area (Å²) in [5.74, 6) is 0. The molecule has 0 N–H and O–H groups in total. The SMILES string of the molecule is CCN1Cc2cccnc2C1C. The third-order valence-corrected chi connectivity index (χ3v) is 2.65. The summed E-state index contributed by atoms with van der Waals surface area (Å²) >= 11 is 0. The zero-order valence-electron chi connectivity index (χ0n) is 7.62. The largest absolute Gasteiger partial charge is 0.291 e. The maximum atomic E-state index is 4.40. The molecule has 0 fully saturated rings. The minimum Gasteiger partial charge on any atom is -0.291 e. The number of aromatic nitrogens is 1. The number of fused-ring (bicyclic) bond motifs is 1. The number of hydrogen-bond donors (Lipinski definition) is 0. The van der Waals surface area contributed by atoms with Crippen molar-refractivity contribution in [1.29, 1.82) is 0 Å². The monoisotopic (exact) mass is 162 g/mol. The highest BCUT2D eigenvalue weighted by molar-refractivity contribution is 5.26. The molecule has 1 unspecified atom stereocenters. The van der Waals surface area contributed by atoms with Crippen LogP contribution in [0.5, 0.6) is 0 Å². The van der Waals surface area contributed by atoms with Gasteiger partial charge in [0.25, 0.3) is 0 Å². The second-order valence-corrected chi connectivity index (χ2v) is 3.29. The molecule has 1 aromatic rings. The van der Waals surface area contributed by atoms with E-state index in [1.807, 2.05) is 12.3 Å². The van der Waals surface area contributed by atoms with Crippen LogP contribution in [0.15, 0.2) is 18.3 Å². The lowest BCUT2D eigenvalue weighted by molar-refractivity contribution is 0.240. The molecule has 64 valence electrons. The van der Waals surface area contributed by atoms with Crippen LogP contribution >= 0.6 is 0 Å². The molecule has 0 saturated heterocycles. The van der Waals surface area contributed by atoms with Gasteiger partial charge in [0.15, 0.2) is 0 Å². The minimum absolute atomic E-state index is 0.506. The molecule has 1 aliphatic heterocycles. The van der Waals surface area contributed by atoms with Crippen molar-refractivity contribution in [2.45, 2.75) is 26.4 Å². The van der Waals surface area contributed by atoms with E-state index in [0.717, 1.165) is 13.1 Å². The summed E-state index contributed by atoms with van der Waals surface area (Å²) in [5, 5.41) is 0. The van der Waals surface area contributed by atoms with Crippen LogP contribution in [0, 0.1) is 0 Å². The Balaban J connectivity index is 2.35. The van der Waals surface area contributed by atoms with E-state index in [1.165, 1.54) is 11.3 Å². The Morgan fingerprint density at radius 2 is 2.50 bits per heavy atom. The molecule has 1 aromatic heterocycles. The summed E-state index contributed by atoms with van der Waals surface area (Å²) in [6, 6.07) is 4.70. The molecule has 0 bridgehead atoms. The molecule has 2 heteroatoms. The topological polar surface area (TPSA) is 16.1 Å². The van der Waals surface area contributed by atoms with E-state index >= 15 is 0 Å². The zero-order valence-corrected chi connectivity index (χ0v) is 7.62. The lowest BCUT2D eigenvalue weighted by atomic mass is 10.2. The van der Waals surface area contributed by atoms with Crippen molar-refractivity contribution >= 4 is 0 Å². The Bertz CT molecular complexity index is 283. The summed E-state index contributed by atoms with van der Waals surface area (Å²) < 4.78 is 0. The van der Waals surface area contributed by atoms with E-state index in [9.17, 15) is 0 Å². The first kappa shape index (κ1) is 7.74. The van der Waals surface area contributed by atoms with Crippen LogP contribution in [0.4, 0.5) is 0 Å². The fraction of sp³-hybridized carbons (Fsp3) is 0.500. The molecule has 0 amide bonds. The Morgan fingerprint density at radius 1 is 1.67 bits per heavy atom. The van der Waals surface area contributed by atoms with Gasteiger partial charge in [-0.1, -0.05) is 13.0 Å². The fourth-order valence-corrected chi connectivity index (χ4v) is 1.88. The first-order valence-electron chi connectivity index (χ1n) is 4.50. The zero-order chi connectivity index (χ0) is 8.55. The van der Waals surface area contributed by atoms with E-state index in [0.29, 0.717) is 6.04 Å². The van der Waals surface area contributed by atoms with Crippen molar-refractivity contribution < 1.29 is 0 Å². The average Bonchev–Trinajstić information content (AvgIpc) is 2.44. The van der Waals surface area contributed by atoms with E-state index in [4.69, 9.17) is 0 Å². The van der Waals surface area contributed by atoms with Gasteiger partial charge in [-0.05, 0) is 25.1 Å². The summed E-state index contributed by atoms with van der Waals surface area (Å²) in [6.07, 6.45) is 1.88. The third-order valence-electron chi connectivity index (χ3n) is 2.65. The predicted molar refractivity (Wildman–Crippen MR) is 48.7 cm³/mol. The van der Waals surface area contributed by atoms with Gasteiger partial charge in [0.2, 0.25) is 0 Å². The summed E-state index contributed by atoms with van der Waals surface area (Å²) in [7, 11) is 0. The molecule has 0 aliphatic carbocycles. The van der Waals surface area contributed by atoms with Gasteiger partial charge in [-0.25, -0.2) is 0 Å². The molecule has 2 rings (SSSR count). The highest BCUT2D eigenvalue weighted by Gasteiger charge is 2.25. The first-order valence-corrected chi connectivity index (χ1v) is 4.50. The summed E-state index contributed by atoms with van der Waals surface area (Å²) in [4.78, 5) is 6.83. The van der Waals surface area contributed by atoms with Crippen LogP contribution in [0.2, 0.25) is 0 Å². The van der Waals surface area contributed by atoms with Crippen LogP contribution in [0.3, 0.4) is 0 Å². The number of nitrogens with zero attached hydrogens (tertiary/aromatic N) is 2. The molecule has 1 aliphatic rings. The Labute approximate surface area is 73.2 Å². The Morgan fingerprint density at radius 3 is 3.17 bits per heavy atom. The second kappa shape index (κ2) is 2.87. The van der Waals surface area contributed by atoms with Crippen LogP contribution in [-0.2, 0) is 6.54 Å². The highest BCUT2D eigenvalue weighted by Crippen LogP contribution is 2.30.